The second kappa shape index (κ2) is 4.09. The summed E-state index contributed by atoms with van der Waals surface area (Å²) in [5.41, 5.74) is 0.862. The maximum atomic E-state index is 12.2. The molecule has 2 aromatic heterocycles. The number of β-amino-alcohol motifs (C(OH)–C–C–N with tert-alkyl or cyclic N) is 1. The topological polar surface area (TPSA) is 53.4 Å². The lowest BCUT2D eigenvalue weighted by molar-refractivity contribution is 0.0770. The predicted molar refractivity (Wildman–Crippen MR) is 66.1 cm³/mol. The Labute approximate surface area is 103 Å². The van der Waals surface area contributed by atoms with E-state index in [2.05, 4.69) is 4.98 Å². The molecule has 0 saturated carbocycles. The number of aromatic nitrogens is 1. The summed E-state index contributed by atoms with van der Waals surface area (Å²) in [4.78, 5) is 18.8. The number of nitrogens with zero attached hydrogens (tertiary/aromatic N) is 2. The lowest BCUT2D eigenvalue weighted by Gasteiger charge is -2.13. The quantitative estimate of drug-likeness (QED) is 0.832. The Morgan fingerprint density at radius 1 is 1.59 bits per heavy atom. The fraction of sp³-hybridized carbons (Fsp3) is 0.333. The smallest absolute Gasteiger partial charge is 0.264 e. The van der Waals surface area contributed by atoms with Crippen molar-refractivity contribution < 1.29 is 9.90 Å². The van der Waals surface area contributed by atoms with Crippen molar-refractivity contribution >= 4 is 27.5 Å². The van der Waals surface area contributed by atoms with E-state index in [4.69, 9.17) is 0 Å². The molecule has 88 valence electrons. The summed E-state index contributed by atoms with van der Waals surface area (Å²) in [6.07, 6.45) is 2.03. The molecule has 17 heavy (non-hydrogen) atoms. The van der Waals surface area contributed by atoms with Gasteiger partial charge in [-0.15, -0.1) is 11.3 Å². The van der Waals surface area contributed by atoms with Crippen LogP contribution in [-0.4, -0.2) is 40.1 Å². The van der Waals surface area contributed by atoms with Crippen molar-refractivity contribution in [2.24, 2.45) is 0 Å². The molecule has 1 saturated heterocycles. The fourth-order valence-electron chi connectivity index (χ4n) is 2.06. The van der Waals surface area contributed by atoms with Crippen LogP contribution in [0.25, 0.3) is 10.2 Å². The molecule has 1 atom stereocenters. The molecular formula is C12H12N2O2S. The monoisotopic (exact) mass is 248 g/mol. The van der Waals surface area contributed by atoms with Gasteiger partial charge in [0.2, 0.25) is 0 Å². The van der Waals surface area contributed by atoms with E-state index in [1.54, 1.807) is 11.1 Å². The SMILES string of the molecule is O=C(c1cc2ncccc2s1)N1CC[C@@H](O)C1. The Bertz CT molecular complexity index is 533. The molecule has 2 aromatic rings. The van der Waals surface area contributed by atoms with Gasteiger partial charge in [-0.2, -0.15) is 0 Å². The third kappa shape index (κ3) is 1.92. The molecule has 1 aliphatic heterocycles. The maximum Gasteiger partial charge on any atom is 0.264 e. The second-order valence-corrected chi connectivity index (χ2v) is 5.27. The molecule has 5 heteroatoms. The molecule has 0 spiro atoms. The average molecular weight is 248 g/mol. The number of rotatable bonds is 1. The van der Waals surface area contributed by atoms with Crippen molar-refractivity contribution in [2.75, 3.05) is 13.1 Å². The Morgan fingerprint density at radius 3 is 3.18 bits per heavy atom. The van der Waals surface area contributed by atoms with Gasteiger partial charge in [0.15, 0.2) is 0 Å². The molecule has 1 N–H and O–H groups in total. The summed E-state index contributed by atoms with van der Waals surface area (Å²) in [5, 5.41) is 9.43. The third-order valence-corrected chi connectivity index (χ3v) is 4.03. The van der Waals surface area contributed by atoms with Gasteiger partial charge in [-0.3, -0.25) is 9.78 Å². The van der Waals surface area contributed by atoms with E-state index in [-0.39, 0.29) is 12.0 Å². The number of carbonyl (C=O) groups is 1. The molecule has 0 unspecified atom stereocenters. The zero-order valence-corrected chi connectivity index (χ0v) is 9.98. The van der Waals surface area contributed by atoms with E-state index in [1.807, 2.05) is 18.2 Å². The Morgan fingerprint density at radius 2 is 2.47 bits per heavy atom. The van der Waals surface area contributed by atoms with Gasteiger partial charge in [0.05, 0.1) is 21.2 Å². The van der Waals surface area contributed by atoms with Crippen molar-refractivity contribution in [3.8, 4) is 0 Å². The standard InChI is InChI=1S/C12H12N2O2S/c15-8-3-5-14(7-8)12(16)11-6-9-10(17-11)2-1-4-13-9/h1-2,4,6,8,15H,3,5,7H2/t8-/m1/s1. The van der Waals surface area contributed by atoms with Crippen LogP contribution in [0.5, 0.6) is 0 Å². The van der Waals surface area contributed by atoms with Crippen LogP contribution in [0.1, 0.15) is 16.1 Å². The Kier molecular flexibility index (Phi) is 2.57. The number of fused-ring (bicyclic) bond motifs is 1. The van der Waals surface area contributed by atoms with Crippen LogP contribution in [0.3, 0.4) is 0 Å². The van der Waals surface area contributed by atoms with Crippen molar-refractivity contribution in [3.05, 3.63) is 29.3 Å². The van der Waals surface area contributed by atoms with E-state index in [9.17, 15) is 9.90 Å². The van der Waals surface area contributed by atoms with E-state index >= 15 is 0 Å². The van der Waals surface area contributed by atoms with Crippen molar-refractivity contribution in [1.29, 1.82) is 0 Å². The van der Waals surface area contributed by atoms with Crippen molar-refractivity contribution in [3.63, 3.8) is 0 Å². The van der Waals surface area contributed by atoms with Gasteiger partial charge >= 0.3 is 0 Å². The van der Waals surface area contributed by atoms with E-state index < -0.39 is 0 Å². The van der Waals surface area contributed by atoms with Crippen LogP contribution in [0.15, 0.2) is 24.4 Å². The highest BCUT2D eigenvalue weighted by Crippen LogP contribution is 2.25. The average Bonchev–Trinajstić information content (AvgIpc) is 2.93. The first-order valence-corrected chi connectivity index (χ1v) is 6.37. The number of likely N-dealkylation sites (tertiary alicyclic amines) is 1. The van der Waals surface area contributed by atoms with Gasteiger partial charge in [0, 0.05) is 19.3 Å². The highest BCUT2D eigenvalue weighted by atomic mass is 32.1. The van der Waals surface area contributed by atoms with Crippen LogP contribution in [0.2, 0.25) is 0 Å². The van der Waals surface area contributed by atoms with Gasteiger partial charge in [0.25, 0.3) is 5.91 Å². The normalized spacial score (nSPS) is 20.1. The predicted octanol–water partition coefficient (Wildman–Crippen LogP) is 1.50. The molecule has 1 fully saturated rings. The lowest BCUT2D eigenvalue weighted by atomic mass is 10.3. The molecule has 3 rings (SSSR count). The molecule has 0 radical (unpaired) electrons. The first-order chi connectivity index (χ1) is 8.24. The number of thiophene rings is 1. The molecule has 4 nitrogen and oxygen atoms in total. The minimum Gasteiger partial charge on any atom is -0.391 e. The molecular weight excluding hydrogens is 236 g/mol. The minimum atomic E-state index is -0.369. The molecule has 0 aromatic carbocycles. The van der Waals surface area contributed by atoms with Gasteiger partial charge < -0.3 is 10.0 Å². The lowest BCUT2D eigenvalue weighted by Crippen LogP contribution is -2.28. The number of amides is 1. The van der Waals surface area contributed by atoms with E-state index in [0.29, 0.717) is 24.4 Å². The van der Waals surface area contributed by atoms with E-state index in [0.717, 1.165) is 10.2 Å². The number of aliphatic hydroxyl groups excluding tert-OH is 1. The Balaban J connectivity index is 1.90. The number of aliphatic hydroxyl groups is 1. The zero-order valence-electron chi connectivity index (χ0n) is 9.17. The van der Waals surface area contributed by atoms with Crippen molar-refractivity contribution in [1.82, 2.24) is 9.88 Å². The van der Waals surface area contributed by atoms with Crippen LogP contribution in [-0.2, 0) is 0 Å². The van der Waals surface area contributed by atoms with Crippen molar-refractivity contribution in [2.45, 2.75) is 12.5 Å². The van der Waals surface area contributed by atoms with Gasteiger partial charge in [-0.05, 0) is 24.6 Å². The maximum absolute atomic E-state index is 12.2. The van der Waals surface area contributed by atoms with Crippen LogP contribution < -0.4 is 0 Å². The molecule has 1 amide bonds. The summed E-state index contributed by atoms with van der Waals surface area (Å²) >= 11 is 1.46. The first kappa shape index (κ1) is 10.7. The molecule has 3 heterocycles. The van der Waals surface area contributed by atoms with Gasteiger partial charge in [-0.1, -0.05) is 0 Å². The zero-order chi connectivity index (χ0) is 11.8. The van der Waals surface area contributed by atoms with Crippen LogP contribution >= 0.6 is 11.3 Å². The third-order valence-electron chi connectivity index (χ3n) is 2.95. The summed E-state index contributed by atoms with van der Waals surface area (Å²) in [5.74, 6) is 0.00421. The number of pyridine rings is 1. The second-order valence-electron chi connectivity index (χ2n) is 4.19. The number of hydrogen-bond acceptors (Lipinski definition) is 4. The summed E-state index contributed by atoms with van der Waals surface area (Å²) in [6, 6.07) is 5.66. The summed E-state index contributed by atoms with van der Waals surface area (Å²) in [7, 11) is 0. The van der Waals surface area contributed by atoms with Crippen LogP contribution in [0.4, 0.5) is 0 Å². The fourth-order valence-corrected chi connectivity index (χ4v) is 3.04. The van der Waals surface area contributed by atoms with E-state index in [1.165, 1.54) is 11.3 Å². The largest absolute Gasteiger partial charge is 0.391 e. The summed E-state index contributed by atoms with van der Waals surface area (Å²) < 4.78 is 1.02. The minimum absolute atomic E-state index is 0.00421. The van der Waals surface area contributed by atoms with Crippen LogP contribution in [0, 0.1) is 0 Å². The number of carbonyl (C=O) groups excluding carboxylic acids is 1. The molecule has 0 aliphatic carbocycles. The first-order valence-electron chi connectivity index (χ1n) is 5.56. The van der Waals surface area contributed by atoms with Gasteiger partial charge in [-0.25, -0.2) is 0 Å². The summed E-state index contributed by atoms with van der Waals surface area (Å²) in [6.45, 7) is 1.09. The number of hydrogen-bond donors (Lipinski definition) is 1. The Hall–Kier alpha value is -1.46. The highest BCUT2D eigenvalue weighted by Gasteiger charge is 2.26. The molecule has 0 bridgehead atoms. The molecule has 1 aliphatic rings. The van der Waals surface area contributed by atoms with Gasteiger partial charge in [0.1, 0.15) is 0 Å². The highest BCUT2D eigenvalue weighted by molar-refractivity contribution is 7.20.